The van der Waals surface area contributed by atoms with E-state index < -0.39 is 0 Å². The molecule has 19 heavy (non-hydrogen) atoms. The summed E-state index contributed by atoms with van der Waals surface area (Å²) in [4.78, 5) is 7.99. The molecule has 106 valence electrons. The third-order valence-electron chi connectivity index (χ3n) is 3.84. The molecule has 1 aromatic rings. The van der Waals surface area contributed by atoms with Gasteiger partial charge in [-0.2, -0.15) is 4.98 Å². The van der Waals surface area contributed by atoms with Gasteiger partial charge in [-0.15, -0.1) is 0 Å². The summed E-state index contributed by atoms with van der Waals surface area (Å²) in [6, 6.07) is 0.303. The van der Waals surface area contributed by atoms with Crippen LogP contribution in [0.3, 0.4) is 0 Å². The molecule has 2 heterocycles. The van der Waals surface area contributed by atoms with Crippen molar-refractivity contribution in [1.29, 1.82) is 0 Å². The highest BCUT2D eigenvalue weighted by atomic mass is 35.5. The number of nitrogens with one attached hydrogen (secondary N) is 1. The predicted octanol–water partition coefficient (Wildman–Crippen LogP) is 3.93. The van der Waals surface area contributed by atoms with Crippen LogP contribution in [0.15, 0.2) is 6.20 Å². The average molecular weight is 304 g/mol. The molecular weight excluding hydrogens is 285 g/mol. The summed E-state index contributed by atoms with van der Waals surface area (Å²) < 4.78 is 5.95. The van der Waals surface area contributed by atoms with Gasteiger partial charge in [0.25, 0.3) is 0 Å². The van der Waals surface area contributed by atoms with Crippen LogP contribution in [0.25, 0.3) is 0 Å². The van der Waals surface area contributed by atoms with Gasteiger partial charge in [0.15, 0.2) is 0 Å². The first-order valence-corrected chi connectivity index (χ1v) is 7.42. The number of aromatic nitrogens is 2. The number of ether oxygens (including phenoxy) is 1. The minimum Gasteiger partial charge on any atom is -0.375 e. The van der Waals surface area contributed by atoms with Crippen molar-refractivity contribution in [2.45, 2.75) is 51.2 Å². The van der Waals surface area contributed by atoms with Gasteiger partial charge >= 0.3 is 0 Å². The molecule has 1 fully saturated rings. The number of nitrogens with zero attached hydrogens (tertiary/aromatic N) is 2. The van der Waals surface area contributed by atoms with Gasteiger partial charge in [-0.25, -0.2) is 4.98 Å². The maximum absolute atomic E-state index is 6.08. The summed E-state index contributed by atoms with van der Waals surface area (Å²) in [5.41, 5.74) is -0.0286. The second-order valence-corrected chi connectivity index (χ2v) is 5.65. The van der Waals surface area contributed by atoms with Crippen LogP contribution >= 0.6 is 23.2 Å². The molecule has 1 aliphatic rings. The summed E-state index contributed by atoms with van der Waals surface area (Å²) in [5, 5.41) is 4.07. The number of hydrogen-bond acceptors (Lipinski definition) is 4. The lowest BCUT2D eigenvalue weighted by atomic mass is 9.86. The van der Waals surface area contributed by atoms with Crippen molar-refractivity contribution in [3.63, 3.8) is 0 Å². The van der Waals surface area contributed by atoms with Crippen molar-refractivity contribution in [3.8, 4) is 0 Å². The number of anilines is 1. The zero-order chi connectivity index (χ0) is 13.9. The van der Waals surface area contributed by atoms with E-state index in [1.54, 1.807) is 0 Å². The molecule has 0 bridgehead atoms. The van der Waals surface area contributed by atoms with E-state index in [0.29, 0.717) is 16.9 Å². The molecular formula is C13H19Cl2N3O. The van der Waals surface area contributed by atoms with E-state index in [9.17, 15) is 0 Å². The molecule has 0 radical (unpaired) electrons. The minimum atomic E-state index is -0.0286. The van der Waals surface area contributed by atoms with Gasteiger partial charge in [0.05, 0.1) is 11.8 Å². The standard InChI is InChI=1S/C13H19Cl2N3O/c1-3-13(4-2)7-9(5-6-19-13)17-11-10(14)8-16-12(15)18-11/h8-9H,3-7H2,1-2H3,(H,16,17,18). The smallest absolute Gasteiger partial charge is 0.224 e. The highest BCUT2D eigenvalue weighted by Crippen LogP contribution is 2.33. The van der Waals surface area contributed by atoms with E-state index in [1.807, 2.05) is 0 Å². The summed E-state index contributed by atoms with van der Waals surface area (Å²) in [7, 11) is 0. The van der Waals surface area contributed by atoms with Gasteiger partial charge < -0.3 is 10.1 Å². The highest BCUT2D eigenvalue weighted by Gasteiger charge is 2.34. The van der Waals surface area contributed by atoms with Gasteiger partial charge in [-0.1, -0.05) is 25.4 Å². The molecule has 1 saturated heterocycles. The summed E-state index contributed by atoms with van der Waals surface area (Å²) in [6.07, 6.45) is 5.45. The van der Waals surface area contributed by atoms with Crippen LogP contribution in [0.4, 0.5) is 5.82 Å². The number of halogens is 2. The lowest BCUT2D eigenvalue weighted by Crippen LogP contribution is -2.43. The molecule has 1 atom stereocenters. The summed E-state index contributed by atoms with van der Waals surface area (Å²) in [5.74, 6) is 0.606. The average Bonchev–Trinajstić information content (AvgIpc) is 2.43. The van der Waals surface area contributed by atoms with Crippen LogP contribution in [0.5, 0.6) is 0 Å². The second-order valence-electron chi connectivity index (χ2n) is 4.91. The van der Waals surface area contributed by atoms with E-state index in [0.717, 1.165) is 32.3 Å². The van der Waals surface area contributed by atoms with E-state index in [1.165, 1.54) is 6.20 Å². The fourth-order valence-electron chi connectivity index (χ4n) is 2.53. The lowest BCUT2D eigenvalue weighted by molar-refractivity contribution is -0.0864. The SMILES string of the molecule is CCC1(CC)CC(Nc2nc(Cl)ncc2Cl)CCO1. The van der Waals surface area contributed by atoms with Crippen molar-refractivity contribution in [3.05, 3.63) is 16.5 Å². The van der Waals surface area contributed by atoms with Crippen LogP contribution in [-0.4, -0.2) is 28.2 Å². The van der Waals surface area contributed by atoms with Crippen molar-refractivity contribution < 1.29 is 4.74 Å². The first kappa shape index (κ1) is 14.8. The molecule has 6 heteroatoms. The first-order chi connectivity index (χ1) is 9.08. The van der Waals surface area contributed by atoms with Crippen molar-refractivity contribution in [2.24, 2.45) is 0 Å². The Labute approximate surface area is 123 Å². The third-order valence-corrected chi connectivity index (χ3v) is 4.30. The maximum atomic E-state index is 6.08. The summed E-state index contributed by atoms with van der Waals surface area (Å²) in [6.45, 7) is 5.09. The van der Waals surface area contributed by atoms with Crippen molar-refractivity contribution in [1.82, 2.24) is 9.97 Å². The van der Waals surface area contributed by atoms with Crippen molar-refractivity contribution >= 4 is 29.0 Å². The molecule has 0 amide bonds. The minimum absolute atomic E-state index is 0.0286. The Balaban J connectivity index is 2.08. The van der Waals surface area contributed by atoms with Gasteiger partial charge in [-0.3, -0.25) is 0 Å². The zero-order valence-corrected chi connectivity index (χ0v) is 12.8. The molecule has 2 rings (SSSR count). The Hall–Kier alpha value is -0.580. The fourth-order valence-corrected chi connectivity index (χ4v) is 2.81. The fraction of sp³-hybridized carbons (Fsp3) is 0.692. The number of rotatable bonds is 4. The molecule has 1 unspecified atom stereocenters. The Bertz CT molecular complexity index is 438. The third kappa shape index (κ3) is 3.50. The Kier molecular flexibility index (Phi) is 4.87. The zero-order valence-electron chi connectivity index (χ0n) is 11.2. The Morgan fingerprint density at radius 1 is 1.42 bits per heavy atom. The molecule has 1 aromatic heterocycles. The molecule has 4 nitrogen and oxygen atoms in total. The van der Waals surface area contributed by atoms with Crippen LogP contribution in [0, 0.1) is 0 Å². The Morgan fingerprint density at radius 3 is 2.84 bits per heavy atom. The largest absolute Gasteiger partial charge is 0.375 e. The van der Waals surface area contributed by atoms with Gasteiger partial charge in [0.2, 0.25) is 5.28 Å². The van der Waals surface area contributed by atoms with Gasteiger partial charge in [0, 0.05) is 12.6 Å². The predicted molar refractivity (Wildman–Crippen MR) is 78.0 cm³/mol. The molecule has 1 aliphatic heterocycles. The quantitative estimate of drug-likeness (QED) is 0.856. The molecule has 0 aromatic carbocycles. The van der Waals surface area contributed by atoms with E-state index in [2.05, 4.69) is 29.1 Å². The van der Waals surface area contributed by atoms with Crippen LogP contribution < -0.4 is 5.32 Å². The van der Waals surface area contributed by atoms with Gasteiger partial charge in [-0.05, 0) is 37.3 Å². The van der Waals surface area contributed by atoms with Crippen LogP contribution in [0.2, 0.25) is 10.3 Å². The van der Waals surface area contributed by atoms with Crippen molar-refractivity contribution in [2.75, 3.05) is 11.9 Å². The Morgan fingerprint density at radius 2 is 2.16 bits per heavy atom. The van der Waals surface area contributed by atoms with E-state index in [-0.39, 0.29) is 10.9 Å². The van der Waals surface area contributed by atoms with E-state index >= 15 is 0 Å². The second kappa shape index (κ2) is 6.25. The maximum Gasteiger partial charge on any atom is 0.224 e. The van der Waals surface area contributed by atoms with Crippen LogP contribution in [0.1, 0.15) is 39.5 Å². The van der Waals surface area contributed by atoms with E-state index in [4.69, 9.17) is 27.9 Å². The topological polar surface area (TPSA) is 47.0 Å². The first-order valence-electron chi connectivity index (χ1n) is 6.67. The molecule has 0 spiro atoms. The van der Waals surface area contributed by atoms with Gasteiger partial charge in [0.1, 0.15) is 10.8 Å². The lowest BCUT2D eigenvalue weighted by Gasteiger charge is -2.40. The monoisotopic (exact) mass is 303 g/mol. The number of hydrogen-bond donors (Lipinski definition) is 1. The summed E-state index contributed by atoms with van der Waals surface area (Å²) >= 11 is 11.9. The molecule has 1 N–H and O–H groups in total. The van der Waals surface area contributed by atoms with Crippen LogP contribution in [-0.2, 0) is 4.74 Å². The highest BCUT2D eigenvalue weighted by molar-refractivity contribution is 6.33. The molecule has 0 saturated carbocycles. The molecule has 0 aliphatic carbocycles. The normalized spacial score (nSPS) is 22.2.